The number of para-hydroxylation sites is 1. The molecule has 0 aliphatic carbocycles. The van der Waals surface area contributed by atoms with E-state index < -0.39 is 11.3 Å². The van der Waals surface area contributed by atoms with Crippen LogP contribution in [0.4, 0.5) is 10.5 Å². The fourth-order valence-corrected chi connectivity index (χ4v) is 2.23. The van der Waals surface area contributed by atoms with E-state index in [2.05, 4.69) is 43.1 Å². The molecule has 0 radical (unpaired) electrons. The minimum Gasteiger partial charge on any atom is -0.444 e. The van der Waals surface area contributed by atoms with Gasteiger partial charge in [-0.05, 0) is 53.7 Å². The van der Waals surface area contributed by atoms with Crippen molar-refractivity contribution in [3.63, 3.8) is 0 Å². The molecule has 5 heteroatoms. The molecule has 1 aromatic rings. The number of carbonyl (C=O) groups excluding carboxylic acids is 1. The average molecular weight is 336 g/mol. The first-order chi connectivity index (χ1) is 11.1. The predicted octanol–water partition coefficient (Wildman–Crippen LogP) is 4.13. The van der Waals surface area contributed by atoms with Crippen molar-refractivity contribution in [3.8, 4) is 0 Å². The Bertz CT molecular complexity index is 509. The zero-order chi connectivity index (χ0) is 18.4. The van der Waals surface area contributed by atoms with Crippen molar-refractivity contribution in [1.29, 1.82) is 0 Å². The Morgan fingerprint density at radius 2 is 1.88 bits per heavy atom. The average Bonchev–Trinajstić information content (AvgIpc) is 2.86. The van der Waals surface area contributed by atoms with Crippen LogP contribution in [0.5, 0.6) is 0 Å². The summed E-state index contributed by atoms with van der Waals surface area (Å²) in [6.07, 6.45) is -0.306. The molecular formula is C19H32N2O3. The number of amides is 1. The molecule has 2 rings (SSSR count). The van der Waals surface area contributed by atoms with Crippen molar-refractivity contribution in [3.05, 3.63) is 30.3 Å². The molecule has 136 valence electrons. The van der Waals surface area contributed by atoms with Crippen molar-refractivity contribution < 1.29 is 14.3 Å². The largest absolute Gasteiger partial charge is 0.444 e. The maximum absolute atomic E-state index is 11.7. The minimum absolute atomic E-state index is 0.306. The van der Waals surface area contributed by atoms with Crippen molar-refractivity contribution in [2.45, 2.75) is 52.9 Å². The van der Waals surface area contributed by atoms with Gasteiger partial charge in [-0.2, -0.15) is 0 Å². The number of carbonyl (C=O) groups is 1. The summed E-state index contributed by atoms with van der Waals surface area (Å²) in [5.41, 5.74) is 0.294. The minimum atomic E-state index is -0.539. The lowest BCUT2D eigenvalue weighted by molar-refractivity contribution is -0.0590. The van der Waals surface area contributed by atoms with Crippen molar-refractivity contribution in [2.24, 2.45) is 0 Å². The molecular weight excluding hydrogens is 304 g/mol. The molecule has 0 unspecified atom stereocenters. The molecule has 0 saturated carbocycles. The summed E-state index contributed by atoms with van der Waals surface area (Å²) in [5.74, 6) is 0. The van der Waals surface area contributed by atoms with Gasteiger partial charge in [0.1, 0.15) is 11.3 Å². The van der Waals surface area contributed by atoms with Gasteiger partial charge in [-0.1, -0.05) is 18.2 Å². The summed E-state index contributed by atoms with van der Waals surface area (Å²) < 4.78 is 10.7. The van der Waals surface area contributed by atoms with Gasteiger partial charge in [0.15, 0.2) is 0 Å². The number of ether oxygens (including phenoxy) is 2. The maximum Gasteiger partial charge on any atom is 0.412 e. The number of nitrogens with zero attached hydrogens (tertiary/aromatic N) is 2. The second-order valence-electron chi connectivity index (χ2n) is 7.28. The number of benzene rings is 1. The van der Waals surface area contributed by atoms with Gasteiger partial charge in [0.05, 0.1) is 13.2 Å². The fraction of sp³-hybridized carbons (Fsp3) is 0.632. The Morgan fingerprint density at radius 1 is 1.29 bits per heavy atom. The second-order valence-corrected chi connectivity index (χ2v) is 7.28. The first kappa shape index (κ1) is 20.3. The highest BCUT2D eigenvalue weighted by atomic mass is 16.6. The summed E-state index contributed by atoms with van der Waals surface area (Å²) in [6.45, 7) is 13.7. The number of rotatable bonds is 2. The maximum atomic E-state index is 11.7. The normalized spacial score (nSPS) is 16.2. The third-order valence-corrected chi connectivity index (χ3v) is 3.71. The van der Waals surface area contributed by atoms with E-state index in [4.69, 9.17) is 9.47 Å². The quantitative estimate of drug-likeness (QED) is 0.814. The topological polar surface area (TPSA) is 42.0 Å². The Balaban J connectivity index is 0.000000254. The van der Waals surface area contributed by atoms with Crippen molar-refractivity contribution in [2.75, 3.05) is 31.6 Å². The van der Waals surface area contributed by atoms with Gasteiger partial charge < -0.3 is 14.4 Å². The highest BCUT2D eigenvalue weighted by Crippen LogP contribution is 2.24. The number of hydrogen-bond donors (Lipinski definition) is 0. The van der Waals surface area contributed by atoms with Gasteiger partial charge in [0, 0.05) is 19.3 Å². The van der Waals surface area contributed by atoms with E-state index >= 15 is 0 Å². The molecule has 1 amide bonds. The van der Waals surface area contributed by atoms with Gasteiger partial charge in [-0.3, -0.25) is 4.90 Å². The Morgan fingerprint density at radius 3 is 2.29 bits per heavy atom. The third kappa shape index (κ3) is 6.40. The first-order valence-corrected chi connectivity index (χ1v) is 8.47. The molecule has 1 aromatic carbocycles. The SMILES string of the molecule is CC(C)(C)OC(=O)N1CCOC1(C)C.CCN(C)c1ccccc1. The van der Waals surface area contributed by atoms with E-state index in [9.17, 15) is 4.79 Å². The van der Waals surface area contributed by atoms with Crippen molar-refractivity contribution in [1.82, 2.24) is 4.90 Å². The van der Waals surface area contributed by atoms with Gasteiger partial charge in [0.25, 0.3) is 0 Å². The summed E-state index contributed by atoms with van der Waals surface area (Å²) in [5, 5.41) is 0. The van der Waals surface area contributed by atoms with E-state index in [0.29, 0.717) is 13.2 Å². The van der Waals surface area contributed by atoms with E-state index in [1.54, 1.807) is 4.90 Å². The number of hydrogen-bond acceptors (Lipinski definition) is 4. The van der Waals surface area contributed by atoms with Gasteiger partial charge in [-0.15, -0.1) is 0 Å². The molecule has 0 bridgehead atoms. The van der Waals surface area contributed by atoms with E-state index in [-0.39, 0.29) is 6.09 Å². The highest BCUT2D eigenvalue weighted by molar-refractivity contribution is 5.69. The molecule has 24 heavy (non-hydrogen) atoms. The van der Waals surface area contributed by atoms with Gasteiger partial charge in [-0.25, -0.2) is 4.79 Å². The van der Waals surface area contributed by atoms with E-state index in [1.807, 2.05) is 40.7 Å². The summed E-state index contributed by atoms with van der Waals surface area (Å²) >= 11 is 0. The van der Waals surface area contributed by atoms with Crippen LogP contribution in [0.1, 0.15) is 41.5 Å². The zero-order valence-corrected chi connectivity index (χ0v) is 16.1. The summed E-state index contributed by atoms with van der Waals surface area (Å²) in [7, 11) is 2.09. The standard InChI is InChI=1S/C10H19NO3.C9H13N/c1-9(2,3)14-8(12)11-6-7-13-10(11,4)5;1-3-10(2)9-7-5-4-6-8-9/h6-7H2,1-5H3;4-8H,3H2,1-2H3. The molecule has 1 fully saturated rings. The number of anilines is 1. The molecule has 0 atom stereocenters. The Kier molecular flexibility index (Phi) is 7.08. The van der Waals surface area contributed by atoms with Crippen LogP contribution in [0.25, 0.3) is 0 Å². The van der Waals surface area contributed by atoms with Crippen LogP contribution in [0.2, 0.25) is 0 Å². The van der Waals surface area contributed by atoms with Crippen LogP contribution in [-0.2, 0) is 9.47 Å². The smallest absolute Gasteiger partial charge is 0.412 e. The third-order valence-electron chi connectivity index (χ3n) is 3.71. The fourth-order valence-electron chi connectivity index (χ4n) is 2.23. The van der Waals surface area contributed by atoms with E-state index in [1.165, 1.54) is 5.69 Å². The second kappa shape index (κ2) is 8.38. The molecule has 1 heterocycles. The van der Waals surface area contributed by atoms with Gasteiger partial charge in [0.2, 0.25) is 0 Å². The van der Waals surface area contributed by atoms with Crippen LogP contribution < -0.4 is 4.90 Å². The monoisotopic (exact) mass is 336 g/mol. The summed E-state index contributed by atoms with van der Waals surface area (Å²) in [6, 6.07) is 10.4. The lowest BCUT2D eigenvalue weighted by Gasteiger charge is -2.31. The predicted molar refractivity (Wildman–Crippen MR) is 98.4 cm³/mol. The molecule has 1 saturated heterocycles. The van der Waals surface area contributed by atoms with Crippen LogP contribution >= 0.6 is 0 Å². The molecule has 0 aromatic heterocycles. The first-order valence-electron chi connectivity index (χ1n) is 8.47. The highest BCUT2D eigenvalue weighted by Gasteiger charge is 2.38. The van der Waals surface area contributed by atoms with Crippen LogP contribution in [0.15, 0.2) is 30.3 Å². The Labute approximate surface area is 146 Å². The molecule has 5 nitrogen and oxygen atoms in total. The van der Waals surface area contributed by atoms with Crippen LogP contribution in [-0.4, -0.2) is 49.1 Å². The van der Waals surface area contributed by atoms with Crippen LogP contribution in [0, 0.1) is 0 Å². The van der Waals surface area contributed by atoms with Crippen LogP contribution in [0.3, 0.4) is 0 Å². The molecule has 1 aliphatic heterocycles. The molecule has 0 N–H and O–H groups in total. The van der Waals surface area contributed by atoms with Gasteiger partial charge >= 0.3 is 6.09 Å². The van der Waals surface area contributed by atoms with E-state index in [0.717, 1.165) is 6.54 Å². The molecule has 0 spiro atoms. The summed E-state index contributed by atoms with van der Waals surface area (Å²) in [4.78, 5) is 15.5. The lowest BCUT2D eigenvalue weighted by Crippen LogP contribution is -2.45. The zero-order valence-electron chi connectivity index (χ0n) is 16.1. The Hall–Kier alpha value is -1.75. The van der Waals surface area contributed by atoms with Crippen molar-refractivity contribution >= 4 is 11.8 Å². The molecule has 1 aliphatic rings. The lowest BCUT2D eigenvalue weighted by atomic mass is 10.2.